The molecular weight excluding hydrogens is 288 g/mol. The zero-order chi connectivity index (χ0) is 15.5. The minimum atomic E-state index is -3.19. The summed E-state index contributed by atoms with van der Waals surface area (Å²) in [6, 6.07) is 10.2. The summed E-state index contributed by atoms with van der Waals surface area (Å²) in [6.07, 6.45) is 2.92. The van der Waals surface area contributed by atoms with E-state index in [0.717, 1.165) is 5.56 Å². The zero-order valence-electron chi connectivity index (χ0n) is 12.2. The van der Waals surface area contributed by atoms with Crippen molar-refractivity contribution in [1.82, 2.24) is 10.3 Å². The molecule has 1 atom stereocenters. The van der Waals surface area contributed by atoms with E-state index in [9.17, 15) is 8.42 Å². The normalized spacial score (nSPS) is 12.9. The Labute approximate surface area is 124 Å². The average Bonchev–Trinajstić information content (AvgIpc) is 2.47. The van der Waals surface area contributed by atoms with Crippen LogP contribution in [0.25, 0.3) is 0 Å². The number of hydrogen-bond acceptors (Lipinski definition) is 5. The van der Waals surface area contributed by atoms with Crippen LogP contribution in [0.3, 0.4) is 0 Å². The van der Waals surface area contributed by atoms with E-state index in [1.54, 1.807) is 24.4 Å². The smallest absolute Gasteiger partial charge is 0.219 e. The maximum Gasteiger partial charge on any atom is 0.219 e. The van der Waals surface area contributed by atoms with Crippen molar-refractivity contribution >= 4 is 9.84 Å². The van der Waals surface area contributed by atoms with E-state index in [1.807, 2.05) is 20.0 Å². The van der Waals surface area contributed by atoms with Crippen LogP contribution in [-0.2, 0) is 9.84 Å². The van der Waals surface area contributed by atoms with Gasteiger partial charge in [-0.05, 0) is 43.8 Å². The summed E-state index contributed by atoms with van der Waals surface area (Å²) in [7, 11) is -1.30. The Morgan fingerprint density at radius 2 is 1.81 bits per heavy atom. The quantitative estimate of drug-likeness (QED) is 0.919. The molecule has 1 aromatic carbocycles. The molecule has 0 saturated heterocycles. The van der Waals surface area contributed by atoms with Crippen molar-refractivity contribution < 1.29 is 13.2 Å². The first kappa shape index (κ1) is 15.5. The Morgan fingerprint density at radius 3 is 2.29 bits per heavy atom. The van der Waals surface area contributed by atoms with Gasteiger partial charge in [0.15, 0.2) is 9.84 Å². The maximum atomic E-state index is 11.4. The molecule has 0 radical (unpaired) electrons. The predicted octanol–water partition coefficient (Wildman–Crippen LogP) is 2.56. The van der Waals surface area contributed by atoms with Crippen LogP contribution in [0, 0.1) is 0 Å². The van der Waals surface area contributed by atoms with Crippen molar-refractivity contribution in [3.05, 3.63) is 48.2 Å². The van der Waals surface area contributed by atoms with Gasteiger partial charge < -0.3 is 10.1 Å². The lowest BCUT2D eigenvalue weighted by atomic mass is 10.1. The number of sulfone groups is 1. The van der Waals surface area contributed by atoms with Crippen molar-refractivity contribution in [1.29, 1.82) is 0 Å². The molecule has 21 heavy (non-hydrogen) atoms. The van der Waals surface area contributed by atoms with Gasteiger partial charge in [-0.2, -0.15) is 0 Å². The fourth-order valence-corrected chi connectivity index (χ4v) is 2.38. The van der Waals surface area contributed by atoms with Crippen LogP contribution in [-0.4, -0.2) is 26.7 Å². The SMILES string of the molecule is CNC(C)c1ccc(Oc2ccc(S(C)(=O)=O)cc2)nc1. The molecule has 0 spiro atoms. The van der Waals surface area contributed by atoms with E-state index in [0.29, 0.717) is 11.6 Å². The highest BCUT2D eigenvalue weighted by molar-refractivity contribution is 7.90. The number of pyridine rings is 1. The molecule has 0 aliphatic rings. The Morgan fingerprint density at radius 1 is 1.14 bits per heavy atom. The van der Waals surface area contributed by atoms with Gasteiger partial charge in [0, 0.05) is 24.6 Å². The second-order valence-corrected chi connectivity index (χ2v) is 6.80. The Kier molecular flexibility index (Phi) is 4.59. The minimum Gasteiger partial charge on any atom is -0.439 e. The molecule has 1 heterocycles. The first-order valence-electron chi connectivity index (χ1n) is 6.51. The maximum absolute atomic E-state index is 11.4. The third kappa shape index (κ3) is 4.03. The Balaban J connectivity index is 2.11. The van der Waals surface area contributed by atoms with Gasteiger partial charge in [0.2, 0.25) is 5.88 Å². The number of benzene rings is 1. The van der Waals surface area contributed by atoms with Gasteiger partial charge in [-0.1, -0.05) is 6.07 Å². The van der Waals surface area contributed by atoms with Gasteiger partial charge in [-0.3, -0.25) is 0 Å². The number of aromatic nitrogens is 1. The predicted molar refractivity (Wildman–Crippen MR) is 81.3 cm³/mol. The van der Waals surface area contributed by atoms with Crippen LogP contribution in [0.15, 0.2) is 47.5 Å². The Hall–Kier alpha value is -1.92. The second kappa shape index (κ2) is 6.24. The number of ether oxygens (including phenoxy) is 1. The first-order chi connectivity index (χ1) is 9.90. The second-order valence-electron chi connectivity index (χ2n) is 4.79. The van der Waals surface area contributed by atoms with E-state index >= 15 is 0 Å². The first-order valence-corrected chi connectivity index (χ1v) is 8.40. The number of nitrogens with one attached hydrogen (secondary N) is 1. The third-order valence-corrected chi connectivity index (χ3v) is 4.30. The van der Waals surface area contributed by atoms with Gasteiger partial charge in [0.25, 0.3) is 0 Å². The van der Waals surface area contributed by atoms with Crippen LogP contribution < -0.4 is 10.1 Å². The number of nitrogens with zero attached hydrogens (tertiary/aromatic N) is 1. The van der Waals surface area contributed by atoms with E-state index in [2.05, 4.69) is 10.3 Å². The Bertz CT molecular complexity index is 695. The summed E-state index contributed by atoms with van der Waals surface area (Å²) in [4.78, 5) is 4.50. The highest BCUT2D eigenvalue weighted by Gasteiger charge is 2.08. The van der Waals surface area contributed by atoms with E-state index in [-0.39, 0.29) is 10.9 Å². The van der Waals surface area contributed by atoms with Crippen LogP contribution in [0.2, 0.25) is 0 Å². The summed E-state index contributed by atoms with van der Waals surface area (Å²) in [5.41, 5.74) is 1.07. The molecule has 1 aromatic heterocycles. The van der Waals surface area contributed by atoms with Gasteiger partial charge in [-0.25, -0.2) is 13.4 Å². The molecule has 112 valence electrons. The topological polar surface area (TPSA) is 68.3 Å². The van der Waals surface area contributed by atoms with Crippen LogP contribution in [0.4, 0.5) is 0 Å². The van der Waals surface area contributed by atoms with Gasteiger partial charge in [0.1, 0.15) is 5.75 Å². The molecule has 1 unspecified atom stereocenters. The average molecular weight is 306 g/mol. The summed E-state index contributed by atoms with van der Waals surface area (Å²) in [5.74, 6) is 1.01. The van der Waals surface area contributed by atoms with Crippen molar-refractivity contribution in [2.45, 2.75) is 17.9 Å². The van der Waals surface area contributed by atoms with Gasteiger partial charge in [0.05, 0.1) is 4.90 Å². The molecule has 0 fully saturated rings. The summed E-state index contributed by atoms with van der Waals surface area (Å²) in [6.45, 7) is 2.04. The minimum absolute atomic E-state index is 0.223. The third-order valence-electron chi connectivity index (χ3n) is 3.17. The largest absolute Gasteiger partial charge is 0.439 e. The lowest BCUT2D eigenvalue weighted by Gasteiger charge is -2.11. The highest BCUT2D eigenvalue weighted by atomic mass is 32.2. The number of hydrogen-bond donors (Lipinski definition) is 1. The highest BCUT2D eigenvalue weighted by Crippen LogP contribution is 2.22. The summed E-state index contributed by atoms with van der Waals surface area (Å²) in [5, 5.41) is 3.13. The monoisotopic (exact) mass is 306 g/mol. The molecule has 1 N–H and O–H groups in total. The lowest BCUT2D eigenvalue weighted by Crippen LogP contribution is -2.12. The fraction of sp³-hybridized carbons (Fsp3) is 0.267. The van der Waals surface area contributed by atoms with E-state index in [4.69, 9.17) is 4.74 Å². The summed E-state index contributed by atoms with van der Waals surface area (Å²) >= 11 is 0. The van der Waals surface area contributed by atoms with E-state index in [1.165, 1.54) is 18.4 Å². The number of rotatable bonds is 5. The van der Waals surface area contributed by atoms with Crippen molar-refractivity contribution in [2.75, 3.05) is 13.3 Å². The molecule has 2 rings (SSSR count). The van der Waals surface area contributed by atoms with Gasteiger partial charge >= 0.3 is 0 Å². The van der Waals surface area contributed by atoms with Crippen LogP contribution >= 0.6 is 0 Å². The van der Waals surface area contributed by atoms with Crippen molar-refractivity contribution in [3.63, 3.8) is 0 Å². The van der Waals surface area contributed by atoms with Gasteiger partial charge in [-0.15, -0.1) is 0 Å². The summed E-state index contributed by atoms with van der Waals surface area (Å²) < 4.78 is 28.3. The molecule has 0 aliphatic heterocycles. The molecule has 5 nitrogen and oxygen atoms in total. The molecule has 0 amide bonds. The fourth-order valence-electron chi connectivity index (χ4n) is 1.75. The molecule has 6 heteroatoms. The van der Waals surface area contributed by atoms with Crippen LogP contribution in [0.5, 0.6) is 11.6 Å². The van der Waals surface area contributed by atoms with E-state index < -0.39 is 9.84 Å². The van der Waals surface area contributed by atoms with Crippen molar-refractivity contribution in [3.8, 4) is 11.6 Å². The van der Waals surface area contributed by atoms with Crippen LogP contribution in [0.1, 0.15) is 18.5 Å². The molecule has 0 saturated carbocycles. The standard InChI is InChI=1S/C15H18N2O3S/c1-11(16-2)12-4-9-15(17-10-12)20-13-5-7-14(8-6-13)21(3,18)19/h4-11,16H,1-3H3. The van der Waals surface area contributed by atoms with Crippen molar-refractivity contribution in [2.24, 2.45) is 0 Å². The molecule has 0 aliphatic carbocycles. The molecule has 2 aromatic rings. The molecular formula is C15H18N2O3S. The molecule has 0 bridgehead atoms. The lowest BCUT2D eigenvalue weighted by molar-refractivity contribution is 0.461. The zero-order valence-corrected chi connectivity index (χ0v) is 13.0.